The summed E-state index contributed by atoms with van der Waals surface area (Å²) in [6.07, 6.45) is 4.44. The van der Waals surface area contributed by atoms with Crippen LogP contribution in [0.1, 0.15) is 67.2 Å². The third-order valence-corrected chi connectivity index (χ3v) is 5.39. The number of rotatable bonds is 2. The molecule has 0 bridgehead atoms. The van der Waals surface area contributed by atoms with Crippen molar-refractivity contribution in [3.05, 3.63) is 12.2 Å². The number of hydrogen-bond donors (Lipinski definition) is 0. The first-order chi connectivity index (χ1) is 8.03. The van der Waals surface area contributed by atoms with Crippen molar-refractivity contribution in [2.75, 3.05) is 0 Å². The van der Waals surface area contributed by atoms with Gasteiger partial charge in [-0.1, -0.05) is 40.7 Å². The van der Waals surface area contributed by atoms with Crippen LogP contribution in [0.3, 0.4) is 0 Å². The lowest BCUT2D eigenvalue weighted by molar-refractivity contribution is -0.179. The first-order valence-corrected chi connectivity index (χ1v) is 6.92. The van der Waals surface area contributed by atoms with E-state index in [1.165, 1.54) is 12.8 Å². The molecule has 1 unspecified atom stereocenters. The molecule has 2 heteroatoms. The summed E-state index contributed by atoms with van der Waals surface area (Å²) in [5, 5.41) is 0. The third kappa shape index (κ3) is 2.48. The number of ether oxygens (including phenoxy) is 1. The second kappa shape index (κ2) is 4.71. The maximum absolute atomic E-state index is 11.9. The Morgan fingerprint density at radius 1 is 1.06 bits per heavy atom. The Morgan fingerprint density at radius 2 is 1.56 bits per heavy atom. The molecule has 18 heavy (non-hydrogen) atoms. The van der Waals surface area contributed by atoms with E-state index in [4.69, 9.17) is 4.74 Å². The fourth-order valence-corrected chi connectivity index (χ4v) is 2.84. The van der Waals surface area contributed by atoms with Crippen LogP contribution >= 0.6 is 0 Å². The standard InChI is InChI=1S/C16H28O2/c1-12(2)13(17)18-16(7)11-9-8-10-14(3,4)15(16,5)6/h1,8-11H2,2-7H3. The van der Waals surface area contributed by atoms with Crippen molar-refractivity contribution >= 4 is 5.97 Å². The first kappa shape index (κ1) is 15.3. The van der Waals surface area contributed by atoms with E-state index in [-0.39, 0.29) is 16.8 Å². The zero-order valence-electron chi connectivity index (χ0n) is 12.9. The molecule has 1 rings (SSSR count). The van der Waals surface area contributed by atoms with Crippen LogP contribution < -0.4 is 0 Å². The van der Waals surface area contributed by atoms with Crippen molar-refractivity contribution in [2.45, 2.75) is 72.8 Å². The van der Waals surface area contributed by atoms with Crippen LogP contribution in [0, 0.1) is 10.8 Å². The van der Waals surface area contributed by atoms with Crippen LogP contribution in [0.4, 0.5) is 0 Å². The van der Waals surface area contributed by atoms with Gasteiger partial charge in [0.15, 0.2) is 0 Å². The van der Waals surface area contributed by atoms with Crippen LogP contribution in [0.25, 0.3) is 0 Å². The topological polar surface area (TPSA) is 26.3 Å². The molecule has 0 heterocycles. The molecule has 0 saturated heterocycles. The smallest absolute Gasteiger partial charge is 0.333 e. The van der Waals surface area contributed by atoms with Gasteiger partial charge in [-0.2, -0.15) is 0 Å². The third-order valence-electron chi connectivity index (χ3n) is 5.39. The van der Waals surface area contributed by atoms with Gasteiger partial charge >= 0.3 is 5.97 Å². The highest BCUT2D eigenvalue weighted by atomic mass is 16.6. The molecule has 0 aromatic rings. The van der Waals surface area contributed by atoms with Crippen LogP contribution in [0.5, 0.6) is 0 Å². The van der Waals surface area contributed by atoms with Crippen molar-refractivity contribution in [3.8, 4) is 0 Å². The summed E-state index contributed by atoms with van der Waals surface area (Å²) in [4.78, 5) is 11.9. The molecule has 0 radical (unpaired) electrons. The van der Waals surface area contributed by atoms with E-state index in [1.807, 2.05) is 0 Å². The lowest BCUT2D eigenvalue weighted by atomic mass is 9.58. The molecule has 0 spiro atoms. The van der Waals surface area contributed by atoms with E-state index in [1.54, 1.807) is 6.92 Å². The van der Waals surface area contributed by atoms with Gasteiger partial charge in [-0.25, -0.2) is 4.79 Å². The number of hydrogen-bond acceptors (Lipinski definition) is 2. The van der Waals surface area contributed by atoms with Crippen molar-refractivity contribution in [1.82, 2.24) is 0 Å². The zero-order chi connectivity index (χ0) is 14.2. The van der Waals surface area contributed by atoms with Gasteiger partial charge < -0.3 is 4.74 Å². The van der Waals surface area contributed by atoms with Gasteiger partial charge in [0.1, 0.15) is 5.60 Å². The Kier molecular flexibility index (Phi) is 4.00. The van der Waals surface area contributed by atoms with Crippen molar-refractivity contribution in [1.29, 1.82) is 0 Å². The van der Waals surface area contributed by atoms with Gasteiger partial charge in [-0.3, -0.25) is 0 Å². The van der Waals surface area contributed by atoms with Crippen LogP contribution in [0.15, 0.2) is 12.2 Å². The quantitative estimate of drug-likeness (QED) is 0.411. The number of carbonyl (C=O) groups excluding carboxylic acids is 1. The SMILES string of the molecule is C=C(C)C(=O)OC1(C)CCCCC(C)(C)C1(C)C. The monoisotopic (exact) mass is 252 g/mol. The molecular weight excluding hydrogens is 224 g/mol. The molecule has 0 aromatic heterocycles. The molecule has 1 fully saturated rings. The molecule has 0 N–H and O–H groups in total. The second-order valence-corrected chi connectivity index (χ2v) is 7.12. The summed E-state index contributed by atoms with van der Waals surface area (Å²) in [7, 11) is 0. The predicted molar refractivity (Wildman–Crippen MR) is 75.3 cm³/mol. The van der Waals surface area contributed by atoms with Gasteiger partial charge in [0.25, 0.3) is 0 Å². The Labute approximate surface area is 112 Å². The highest BCUT2D eigenvalue weighted by Crippen LogP contribution is 2.55. The highest BCUT2D eigenvalue weighted by molar-refractivity contribution is 5.87. The summed E-state index contributed by atoms with van der Waals surface area (Å²) in [6, 6.07) is 0. The lowest BCUT2D eigenvalue weighted by Crippen LogP contribution is -2.52. The molecular formula is C16H28O2. The average Bonchev–Trinajstić information content (AvgIpc) is 2.29. The van der Waals surface area contributed by atoms with Gasteiger partial charge in [-0.15, -0.1) is 0 Å². The van der Waals surface area contributed by atoms with Crippen LogP contribution in [-0.4, -0.2) is 11.6 Å². The van der Waals surface area contributed by atoms with Gasteiger partial charge in [0.05, 0.1) is 0 Å². The minimum absolute atomic E-state index is 0.0540. The summed E-state index contributed by atoms with van der Waals surface area (Å²) in [5.41, 5.74) is 0.173. The lowest BCUT2D eigenvalue weighted by Gasteiger charge is -2.51. The van der Waals surface area contributed by atoms with E-state index in [0.29, 0.717) is 5.57 Å². The van der Waals surface area contributed by atoms with E-state index in [9.17, 15) is 4.79 Å². The summed E-state index contributed by atoms with van der Waals surface area (Å²) >= 11 is 0. The number of carbonyl (C=O) groups is 1. The van der Waals surface area contributed by atoms with Gasteiger partial charge in [0.2, 0.25) is 0 Å². The minimum atomic E-state index is -0.414. The molecule has 1 saturated carbocycles. The van der Waals surface area contributed by atoms with E-state index >= 15 is 0 Å². The zero-order valence-corrected chi connectivity index (χ0v) is 12.9. The predicted octanol–water partition coefficient (Wildman–Crippen LogP) is 4.49. The fourth-order valence-electron chi connectivity index (χ4n) is 2.84. The maximum atomic E-state index is 11.9. The molecule has 0 aromatic carbocycles. The van der Waals surface area contributed by atoms with E-state index in [0.717, 1.165) is 12.8 Å². The van der Waals surface area contributed by atoms with Crippen molar-refractivity contribution in [2.24, 2.45) is 10.8 Å². The molecule has 0 aliphatic heterocycles. The maximum Gasteiger partial charge on any atom is 0.333 e. The highest BCUT2D eigenvalue weighted by Gasteiger charge is 2.53. The van der Waals surface area contributed by atoms with Crippen molar-refractivity contribution < 1.29 is 9.53 Å². The summed E-state index contributed by atoms with van der Waals surface area (Å²) in [6.45, 7) is 16.5. The largest absolute Gasteiger partial charge is 0.455 e. The first-order valence-electron chi connectivity index (χ1n) is 6.92. The van der Waals surface area contributed by atoms with Gasteiger partial charge in [-0.05, 0) is 38.5 Å². The molecule has 0 amide bonds. The van der Waals surface area contributed by atoms with E-state index < -0.39 is 5.60 Å². The molecule has 104 valence electrons. The molecule has 1 aliphatic carbocycles. The number of esters is 1. The Morgan fingerprint density at radius 3 is 2.06 bits per heavy atom. The second-order valence-electron chi connectivity index (χ2n) is 7.12. The summed E-state index contributed by atoms with van der Waals surface area (Å²) < 4.78 is 5.83. The Hall–Kier alpha value is -0.790. The van der Waals surface area contributed by atoms with Crippen molar-refractivity contribution in [3.63, 3.8) is 0 Å². The van der Waals surface area contributed by atoms with Crippen LogP contribution in [0.2, 0.25) is 0 Å². The minimum Gasteiger partial charge on any atom is -0.455 e. The van der Waals surface area contributed by atoms with Gasteiger partial charge in [0, 0.05) is 11.0 Å². The average molecular weight is 252 g/mol. The molecule has 1 atom stereocenters. The molecule has 1 aliphatic rings. The normalized spacial score (nSPS) is 30.3. The Bertz CT molecular complexity index is 352. The Balaban J connectivity index is 3.09. The van der Waals surface area contributed by atoms with Crippen LogP contribution in [-0.2, 0) is 9.53 Å². The molecule has 2 nitrogen and oxygen atoms in total. The fraction of sp³-hybridized carbons (Fsp3) is 0.812. The summed E-state index contributed by atoms with van der Waals surface area (Å²) in [5.74, 6) is -0.261. The van der Waals surface area contributed by atoms with E-state index in [2.05, 4.69) is 41.2 Å².